The SMILES string of the molecule is CCOc1ccc(C(=O)Nc2cnn(-c3ccccc3)c2)cc1C. The van der Waals surface area contributed by atoms with Crippen LogP contribution in [-0.2, 0) is 0 Å². The second-order valence-electron chi connectivity index (χ2n) is 5.38. The molecule has 0 saturated carbocycles. The van der Waals surface area contributed by atoms with Crippen molar-refractivity contribution in [3.63, 3.8) is 0 Å². The summed E-state index contributed by atoms with van der Waals surface area (Å²) in [6, 6.07) is 15.1. The lowest BCUT2D eigenvalue weighted by Crippen LogP contribution is -2.11. The Kier molecular flexibility index (Phi) is 4.61. The summed E-state index contributed by atoms with van der Waals surface area (Å²) in [5.74, 6) is 0.625. The summed E-state index contributed by atoms with van der Waals surface area (Å²) in [6.07, 6.45) is 3.42. The van der Waals surface area contributed by atoms with Crippen LogP contribution in [0.25, 0.3) is 5.69 Å². The summed E-state index contributed by atoms with van der Waals surface area (Å²) < 4.78 is 7.22. The van der Waals surface area contributed by atoms with Crippen LogP contribution in [0.15, 0.2) is 60.9 Å². The lowest BCUT2D eigenvalue weighted by molar-refractivity contribution is 0.102. The number of carbonyl (C=O) groups excluding carboxylic acids is 1. The molecule has 0 aliphatic heterocycles. The first-order valence-corrected chi connectivity index (χ1v) is 7.82. The van der Waals surface area contributed by atoms with Gasteiger partial charge in [-0.25, -0.2) is 4.68 Å². The zero-order valence-corrected chi connectivity index (χ0v) is 13.7. The molecule has 0 aliphatic rings. The van der Waals surface area contributed by atoms with Gasteiger partial charge in [0.25, 0.3) is 5.91 Å². The Balaban J connectivity index is 1.73. The minimum absolute atomic E-state index is 0.172. The highest BCUT2D eigenvalue weighted by atomic mass is 16.5. The zero-order valence-electron chi connectivity index (χ0n) is 13.7. The van der Waals surface area contributed by atoms with Crippen molar-refractivity contribution in [2.45, 2.75) is 13.8 Å². The molecule has 1 N–H and O–H groups in total. The van der Waals surface area contributed by atoms with Crippen LogP contribution in [0.3, 0.4) is 0 Å². The lowest BCUT2D eigenvalue weighted by Gasteiger charge is -2.09. The molecule has 0 radical (unpaired) electrons. The molecule has 1 heterocycles. The van der Waals surface area contributed by atoms with E-state index in [0.717, 1.165) is 17.0 Å². The van der Waals surface area contributed by atoms with Crippen molar-refractivity contribution in [2.24, 2.45) is 0 Å². The van der Waals surface area contributed by atoms with Gasteiger partial charge in [-0.05, 0) is 49.7 Å². The average Bonchev–Trinajstić information content (AvgIpc) is 3.06. The third-order valence-electron chi connectivity index (χ3n) is 3.60. The normalized spacial score (nSPS) is 10.4. The Bertz CT molecular complexity index is 841. The van der Waals surface area contributed by atoms with E-state index in [-0.39, 0.29) is 5.91 Å². The number of hydrogen-bond donors (Lipinski definition) is 1. The monoisotopic (exact) mass is 321 g/mol. The van der Waals surface area contributed by atoms with E-state index in [1.165, 1.54) is 0 Å². The summed E-state index contributed by atoms with van der Waals surface area (Å²) >= 11 is 0. The molecule has 0 saturated heterocycles. The van der Waals surface area contributed by atoms with Crippen molar-refractivity contribution in [3.05, 3.63) is 72.1 Å². The largest absolute Gasteiger partial charge is 0.494 e. The summed E-state index contributed by atoms with van der Waals surface area (Å²) in [7, 11) is 0. The molecular formula is C19H19N3O2. The van der Waals surface area contributed by atoms with Crippen LogP contribution in [-0.4, -0.2) is 22.3 Å². The van der Waals surface area contributed by atoms with E-state index in [9.17, 15) is 4.79 Å². The van der Waals surface area contributed by atoms with Crippen molar-refractivity contribution in [1.29, 1.82) is 0 Å². The van der Waals surface area contributed by atoms with Gasteiger partial charge < -0.3 is 10.1 Å². The molecule has 0 atom stereocenters. The summed E-state index contributed by atoms with van der Waals surface area (Å²) in [5.41, 5.74) is 3.11. The van der Waals surface area contributed by atoms with Crippen LogP contribution in [0.4, 0.5) is 5.69 Å². The molecule has 0 aliphatic carbocycles. The molecule has 122 valence electrons. The van der Waals surface area contributed by atoms with Gasteiger partial charge in [0.2, 0.25) is 0 Å². The number of amides is 1. The highest BCUT2D eigenvalue weighted by Crippen LogP contribution is 2.20. The molecule has 3 aromatic rings. The van der Waals surface area contributed by atoms with Crippen LogP contribution in [0.5, 0.6) is 5.75 Å². The van der Waals surface area contributed by atoms with E-state index in [2.05, 4.69) is 10.4 Å². The first kappa shape index (κ1) is 15.8. The fraction of sp³-hybridized carbons (Fsp3) is 0.158. The Morgan fingerprint density at radius 2 is 2.00 bits per heavy atom. The number of para-hydroxylation sites is 1. The first-order valence-electron chi connectivity index (χ1n) is 7.82. The predicted octanol–water partition coefficient (Wildman–Crippen LogP) is 3.83. The molecule has 5 nitrogen and oxygen atoms in total. The minimum atomic E-state index is -0.172. The maximum atomic E-state index is 12.4. The number of benzene rings is 2. The van der Waals surface area contributed by atoms with Crippen molar-refractivity contribution < 1.29 is 9.53 Å². The number of aryl methyl sites for hydroxylation is 1. The first-order chi connectivity index (χ1) is 11.7. The second-order valence-corrected chi connectivity index (χ2v) is 5.38. The highest BCUT2D eigenvalue weighted by Gasteiger charge is 2.10. The average molecular weight is 321 g/mol. The topological polar surface area (TPSA) is 56.1 Å². The third-order valence-corrected chi connectivity index (χ3v) is 3.60. The maximum absolute atomic E-state index is 12.4. The van der Waals surface area contributed by atoms with Crippen molar-refractivity contribution in [3.8, 4) is 11.4 Å². The Labute approximate surface area is 140 Å². The fourth-order valence-corrected chi connectivity index (χ4v) is 2.42. The number of nitrogens with zero attached hydrogens (tertiary/aromatic N) is 2. The molecular weight excluding hydrogens is 302 g/mol. The summed E-state index contributed by atoms with van der Waals surface area (Å²) in [6.45, 7) is 4.46. The Hall–Kier alpha value is -3.08. The van der Waals surface area contributed by atoms with E-state index in [1.54, 1.807) is 23.1 Å². The molecule has 0 unspecified atom stereocenters. The molecule has 3 rings (SSSR count). The highest BCUT2D eigenvalue weighted by molar-refractivity contribution is 6.04. The third kappa shape index (κ3) is 3.46. The van der Waals surface area contributed by atoms with E-state index < -0.39 is 0 Å². The molecule has 24 heavy (non-hydrogen) atoms. The van der Waals surface area contributed by atoms with Crippen LogP contribution in [0, 0.1) is 6.92 Å². The Morgan fingerprint density at radius 1 is 1.21 bits per heavy atom. The molecule has 0 fully saturated rings. The van der Waals surface area contributed by atoms with Gasteiger partial charge in [0.1, 0.15) is 5.75 Å². The van der Waals surface area contributed by atoms with Gasteiger partial charge in [-0.15, -0.1) is 0 Å². The number of hydrogen-bond acceptors (Lipinski definition) is 3. The van der Waals surface area contributed by atoms with Crippen LogP contribution < -0.4 is 10.1 Å². The van der Waals surface area contributed by atoms with Crippen molar-refractivity contribution >= 4 is 11.6 Å². The molecule has 1 amide bonds. The molecule has 0 bridgehead atoms. The minimum Gasteiger partial charge on any atom is -0.494 e. The maximum Gasteiger partial charge on any atom is 0.255 e. The molecule has 2 aromatic carbocycles. The quantitative estimate of drug-likeness (QED) is 0.777. The number of aromatic nitrogens is 2. The van der Waals surface area contributed by atoms with Crippen molar-refractivity contribution in [2.75, 3.05) is 11.9 Å². The Morgan fingerprint density at radius 3 is 2.71 bits per heavy atom. The van der Waals surface area contributed by atoms with Gasteiger partial charge >= 0.3 is 0 Å². The van der Waals surface area contributed by atoms with E-state index in [0.29, 0.717) is 17.9 Å². The number of ether oxygens (including phenoxy) is 1. The number of rotatable bonds is 5. The second kappa shape index (κ2) is 7.00. The molecule has 1 aromatic heterocycles. The van der Waals surface area contributed by atoms with E-state index >= 15 is 0 Å². The van der Waals surface area contributed by atoms with Crippen LogP contribution >= 0.6 is 0 Å². The smallest absolute Gasteiger partial charge is 0.255 e. The number of carbonyl (C=O) groups is 1. The van der Waals surface area contributed by atoms with Gasteiger partial charge in [0.15, 0.2) is 0 Å². The predicted molar refractivity (Wildman–Crippen MR) is 93.9 cm³/mol. The van der Waals surface area contributed by atoms with Gasteiger partial charge in [-0.3, -0.25) is 4.79 Å². The van der Waals surface area contributed by atoms with Crippen LogP contribution in [0.2, 0.25) is 0 Å². The molecule has 5 heteroatoms. The van der Waals surface area contributed by atoms with Crippen molar-refractivity contribution in [1.82, 2.24) is 9.78 Å². The van der Waals surface area contributed by atoms with E-state index in [1.807, 2.05) is 56.3 Å². The lowest BCUT2D eigenvalue weighted by atomic mass is 10.1. The van der Waals surface area contributed by atoms with Gasteiger partial charge in [-0.1, -0.05) is 18.2 Å². The van der Waals surface area contributed by atoms with E-state index in [4.69, 9.17) is 4.74 Å². The van der Waals surface area contributed by atoms with Gasteiger partial charge in [0.05, 0.1) is 30.4 Å². The molecule has 0 spiro atoms. The van der Waals surface area contributed by atoms with Gasteiger partial charge in [0, 0.05) is 5.56 Å². The van der Waals surface area contributed by atoms with Gasteiger partial charge in [-0.2, -0.15) is 5.10 Å². The van der Waals surface area contributed by atoms with Crippen LogP contribution in [0.1, 0.15) is 22.8 Å². The summed E-state index contributed by atoms with van der Waals surface area (Å²) in [4.78, 5) is 12.4. The fourth-order valence-electron chi connectivity index (χ4n) is 2.42. The number of nitrogens with one attached hydrogen (secondary N) is 1. The number of anilines is 1. The standard InChI is InChI=1S/C19H19N3O2/c1-3-24-18-10-9-15(11-14(18)2)19(23)21-16-12-20-22(13-16)17-7-5-4-6-8-17/h4-13H,3H2,1-2H3,(H,21,23). The zero-order chi connectivity index (χ0) is 16.9. The summed E-state index contributed by atoms with van der Waals surface area (Å²) in [5, 5.41) is 7.14.